The van der Waals surface area contributed by atoms with Crippen LogP contribution in [0, 0.1) is 23.2 Å². The molecule has 0 radical (unpaired) electrons. The first-order valence-corrected chi connectivity index (χ1v) is 4.38. The smallest absolute Gasteiger partial charge is 0.117 e. The monoisotopic (exact) mass is 173 g/mol. The molecular weight excluding hydrogens is 161 g/mol. The average Bonchev–Trinajstić information content (AvgIpc) is 1.85. The first-order valence-electron chi connectivity index (χ1n) is 3.87. The summed E-state index contributed by atoms with van der Waals surface area (Å²) in [5.74, 6) is -0.119. The van der Waals surface area contributed by atoms with Crippen molar-refractivity contribution in [3.05, 3.63) is 0 Å². The number of thiol groups is 1. The predicted octanol–water partition coefficient (Wildman–Crippen LogP) is 2.19. The van der Waals surface area contributed by atoms with E-state index in [-0.39, 0.29) is 5.25 Å². The highest BCUT2D eigenvalue weighted by atomic mass is 32.1. The second-order valence-electron chi connectivity index (χ2n) is 3.31. The van der Waals surface area contributed by atoms with E-state index in [1.165, 1.54) is 0 Å². The lowest BCUT2D eigenvalue weighted by Gasteiger charge is -2.30. The van der Waals surface area contributed by atoms with E-state index < -0.39 is 12.1 Å². The Morgan fingerprint density at radius 3 is 2.64 bits per heavy atom. The van der Waals surface area contributed by atoms with Gasteiger partial charge in [-0.2, -0.15) is 17.9 Å². The number of nitrogens with zero attached hydrogens (tertiary/aromatic N) is 1. The maximum atomic E-state index is 13.1. The fourth-order valence-corrected chi connectivity index (χ4v) is 2.21. The highest BCUT2D eigenvalue weighted by Crippen LogP contribution is 2.33. The van der Waals surface area contributed by atoms with Crippen LogP contribution in [0.2, 0.25) is 0 Å². The van der Waals surface area contributed by atoms with Gasteiger partial charge in [0.25, 0.3) is 0 Å². The Bertz CT molecular complexity index is 165. The van der Waals surface area contributed by atoms with Gasteiger partial charge in [0.15, 0.2) is 0 Å². The average molecular weight is 173 g/mol. The molecule has 1 aliphatic carbocycles. The minimum absolute atomic E-state index is 0.0706. The van der Waals surface area contributed by atoms with Gasteiger partial charge < -0.3 is 0 Å². The summed E-state index contributed by atoms with van der Waals surface area (Å²) in [6.07, 6.45) is 0.420. The van der Waals surface area contributed by atoms with E-state index in [2.05, 4.69) is 12.6 Å². The summed E-state index contributed by atoms with van der Waals surface area (Å²) < 4.78 is 13.1. The zero-order chi connectivity index (χ0) is 8.43. The second-order valence-corrected chi connectivity index (χ2v) is 3.98. The molecule has 0 N–H and O–H groups in total. The fraction of sp³-hybridized carbons (Fsp3) is 0.875. The Hall–Kier alpha value is -0.230. The quantitative estimate of drug-likeness (QED) is 0.558. The van der Waals surface area contributed by atoms with Gasteiger partial charge in [0.05, 0.1) is 12.0 Å². The van der Waals surface area contributed by atoms with Crippen molar-refractivity contribution in [3.63, 3.8) is 0 Å². The van der Waals surface area contributed by atoms with Crippen molar-refractivity contribution in [1.82, 2.24) is 0 Å². The Morgan fingerprint density at radius 2 is 2.18 bits per heavy atom. The lowest BCUT2D eigenvalue weighted by atomic mass is 9.82. The van der Waals surface area contributed by atoms with E-state index in [4.69, 9.17) is 5.26 Å². The second kappa shape index (κ2) is 3.44. The third kappa shape index (κ3) is 1.87. The van der Waals surface area contributed by atoms with Crippen LogP contribution in [0.4, 0.5) is 4.39 Å². The van der Waals surface area contributed by atoms with Gasteiger partial charge in [0, 0.05) is 5.25 Å². The highest BCUT2D eigenvalue weighted by Gasteiger charge is 2.34. The van der Waals surface area contributed by atoms with Crippen LogP contribution in [-0.4, -0.2) is 11.4 Å². The van der Waals surface area contributed by atoms with Crippen LogP contribution in [0.15, 0.2) is 0 Å². The summed E-state index contributed by atoms with van der Waals surface area (Å²) in [5, 5.41) is 8.51. The van der Waals surface area contributed by atoms with Crippen molar-refractivity contribution < 1.29 is 4.39 Å². The molecule has 11 heavy (non-hydrogen) atoms. The summed E-state index contributed by atoms with van der Waals surface area (Å²) in [5.41, 5.74) is 0. The van der Waals surface area contributed by atoms with Crippen LogP contribution >= 0.6 is 12.6 Å². The molecule has 1 nitrogen and oxygen atoms in total. The van der Waals surface area contributed by atoms with Gasteiger partial charge in [-0.05, 0) is 18.8 Å². The minimum Gasteiger partial charge on any atom is -0.246 e. The Balaban J connectivity index is 2.61. The van der Waals surface area contributed by atoms with Gasteiger partial charge in [-0.3, -0.25) is 0 Å². The molecule has 4 unspecified atom stereocenters. The molecule has 0 saturated heterocycles. The van der Waals surface area contributed by atoms with E-state index in [0.717, 1.165) is 6.42 Å². The van der Waals surface area contributed by atoms with Crippen molar-refractivity contribution >= 4 is 12.6 Å². The lowest BCUT2D eigenvalue weighted by molar-refractivity contribution is 0.172. The van der Waals surface area contributed by atoms with E-state index in [0.29, 0.717) is 12.3 Å². The van der Waals surface area contributed by atoms with Gasteiger partial charge >= 0.3 is 0 Å². The summed E-state index contributed by atoms with van der Waals surface area (Å²) >= 11 is 4.19. The van der Waals surface area contributed by atoms with Crippen LogP contribution in [0.1, 0.15) is 19.8 Å². The van der Waals surface area contributed by atoms with Crippen molar-refractivity contribution in [2.75, 3.05) is 0 Å². The number of rotatable bonds is 0. The molecule has 0 spiro atoms. The predicted molar refractivity (Wildman–Crippen MR) is 45.2 cm³/mol. The zero-order valence-corrected chi connectivity index (χ0v) is 7.39. The highest BCUT2D eigenvalue weighted by molar-refractivity contribution is 7.81. The lowest BCUT2D eigenvalue weighted by Crippen LogP contribution is -2.32. The number of alkyl halides is 1. The standard InChI is InChI=1S/C8H12FNS/c1-5-2-7(9)6(4-10)8(11)3-5/h5-8,11H,2-3H2,1H3. The molecule has 0 heterocycles. The number of halogens is 1. The molecule has 4 atom stereocenters. The van der Waals surface area contributed by atoms with Crippen molar-refractivity contribution in [2.45, 2.75) is 31.2 Å². The SMILES string of the molecule is CC1CC(F)C(C#N)C(S)C1. The number of hydrogen-bond acceptors (Lipinski definition) is 2. The van der Waals surface area contributed by atoms with Crippen LogP contribution in [0.3, 0.4) is 0 Å². The minimum atomic E-state index is -0.966. The first kappa shape index (κ1) is 8.86. The fourth-order valence-electron chi connectivity index (χ4n) is 1.59. The molecule has 0 aromatic carbocycles. The molecule has 3 heteroatoms. The Kier molecular flexibility index (Phi) is 2.78. The molecular formula is C8H12FNS. The molecule has 1 rings (SSSR count). The van der Waals surface area contributed by atoms with Crippen molar-refractivity contribution in [2.24, 2.45) is 11.8 Å². The van der Waals surface area contributed by atoms with Gasteiger partial charge in [-0.1, -0.05) is 6.92 Å². The third-order valence-electron chi connectivity index (χ3n) is 2.22. The molecule has 0 bridgehead atoms. The molecule has 0 aliphatic heterocycles. The number of hydrogen-bond donors (Lipinski definition) is 1. The van der Waals surface area contributed by atoms with Crippen LogP contribution in [-0.2, 0) is 0 Å². The van der Waals surface area contributed by atoms with Gasteiger partial charge in [-0.15, -0.1) is 0 Å². The molecule has 0 amide bonds. The number of nitriles is 1. The maximum absolute atomic E-state index is 13.1. The zero-order valence-electron chi connectivity index (χ0n) is 6.50. The molecule has 1 saturated carbocycles. The topological polar surface area (TPSA) is 23.8 Å². The normalized spacial score (nSPS) is 44.9. The van der Waals surface area contributed by atoms with E-state index in [1.807, 2.05) is 13.0 Å². The Labute approximate surface area is 72.0 Å². The molecule has 62 valence electrons. The largest absolute Gasteiger partial charge is 0.246 e. The van der Waals surface area contributed by atoms with E-state index in [9.17, 15) is 4.39 Å². The van der Waals surface area contributed by atoms with Crippen molar-refractivity contribution in [1.29, 1.82) is 5.26 Å². The van der Waals surface area contributed by atoms with Crippen LogP contribution < -0.4 is 0 Å². The van der Waals surface area contributed by atoms with Crippen LogP contribution in [0.25, 0.3) is 0 Å². The Morgan fingerprint density at radius 1 is 1.55 bits per heavy atom. The summed E-state index contributed by atoms with van der Waals surface area (Å²) in [6, 6.07) is 1.97. The van der Waals surface area contributed by atoms with Gasteiger partial charge in [-0.25, -0.2) is 4.39 Å². The first-order chi connectivity index (χ1) is 5.15. The summed E-state index contributed by atoms with van der Waals surface area (Å²) in [7, 11) is 0. The van der Waals surface area contributed by atoms with Crippen LogP contribution in [0.5, 0.6) is 0 Å². The van der Waals surface area contributed by atoms with Crippen molar-refractivity contribution in [3.8, 4) is 6.07 Å². The van der Waals surface area contributed by atoms with Gasteiger partial charge in [0.2, 0.25) is 0 Å². The molecule has 0 aromatic rings. The molecule has 1 fully saturated rings. The third-order valence-corrected chi connectivity index (χ3v) is 2.76. The summed E-state index contributed by atoms with van der Waals surface area (Å²) in [4.78, 5) is 0. The maximum Gasteiger partial charge on any atom is 0.117 e. The van der Waals surface area contributed by atoms with E-state index in [1.54, 1.807) is 0 Å². The summed E-state index contributed by atoms with van der Waals surface area (Å²) in [6.45, 7) is 2.00. The van der Waals surface area contributed by atoms with Gasteiger partial charge in [0.1, 0.15) is 6.17 Å². The molecule has 0 aromatic heterocycles. The molecule has 1 aliphatic rings. The van der Waals surface area contributed by atoms with E-state index >= 15 is 0 Å².